The van der Waals surface area contributed by atoms with Crippen LogP contribution in [0, 0.1) is 11.3 Å². The van der Waals surface area contributed by atoms with Crippen LogP contribution >= 0.6 is 0 Å². The zero-order chi connectivity index (χ0) is 10.8. The standard InChI is InChI=1S/C14H25NO/c1-2-5-12(4-1)14(10-15-11-14)8-7-13-6-3-9-16-13/h12-13,15H,1-11H2. The van der Waals surface area contributed by atoms with E-state index >= 15 is 0 Å². The van der Waals surface area contributed by atoms with E-state index in [1.54, 1.807) is 0 Å². The minimum atomic E-state index is 0.596. The normalized spacial score (nSPS) is 34.1. The maximum atomic E-state index is 5.76. The van der Waals surface area contributed by atoms with Crippen LogP contribution in [0.3, 0.4) is 0 Å². The molecule has 2 heterocycles. The molecule has 0 aromatic carbocycles. The highest BCUT2D eigenvalue weighted by atomic mass is 16.5. The molecule has 0 radical (unpaired) electrons. The summed E-state index contributed by atoms with van der Waals surface area (Å²) >= 11 is 0. The van der Waals surface area contributed by atoms with Crippen LogP contribution in [0.15, 0.2) is 0 Å². The molecule has 1 aliphatic carbocycles. The van der Waals surface area contributed by atoms with Crippen molar-refractivity contribution in [3.63, 3.8) is 0 Å². The van der Waals surface area contributed by atoms with Crippen LogP contribution < -0.4 is 5.32 Å². The van der Waals surface area contributed by atoms with E-state index in [0.717, 1.165) is 12.5 Å². The molecule has 16 heavy (non-hydrogen) atoms. The van der Waals surface area contributed by atoms with Crippen molar-refractivity contribution in [3.05, 3.63) is 0 Å². The molecule has 0 amide bonds. The van der Waals surface area contributed by atoms with Gasteiger partial charge in [-0.25, -0.2) is 0 Å². The molecule has 0 spiro atoms. The third-order valence-corrected chi connectivity index (χ3v) is 5.16. The molecule has 0 bridgehead atoms. The van der Waals surface area contributed by atoms with Crippen LogP contribution in [0.5, 0.6) is 0 Å². The molecule has 1 saturated carbocycles. The quantitative estimate of drug-likeness (QED) is 0.791. The Labute approximate surface area is 99.1 Å². The number of hydrogen-bond donors (Lipinski definition) is 1. The van der Waals surface area contributed by atoms with Crippen molar-refractivity contribution < 1.29 is 4.74 Å². The van der Waals surface area contributed by atoms with Crippen molar-refractivity contribution in [1.82, 2.24) is 5.32 Å². The van der Waals surface area contributed by atoms with Gasteiger partial charge in [-0.1, -0.05) is 12.8 Å². The number of nitrogens with one attached hydrogen (secondary N) is 1. The third-order valence-electron chi connectivity index (χ3n) is 5.16. The fourth-order valence-electron chi connectivity index (χ4n) is 3.97. The summed E-state index contributed by atoms with van der Waals surface area (Å²) in [4.78, 5) is 0. The molecular weight excluding hydrogens is 198 g/mol. The van der Waals surface area contributed by atoms with Crippen molar-refractivity contribution in [2.45, 2.75) is 57.5 Å². The molecule has 0 aromatic heterocycles. The largest absolute Gasteiger partial charge is 0.378 e. The Morgan fingerprint density at radius 1 is 1.06 bits per heavy atom. The van der Waals surface area contributed by atoms with Gasteiger partial charge in [0.15, 0.2) is 0 Å². The molecule has 1 unspecified atom stereocenters. The summed E-state index contributed by atoms with van der Waals surface area (Å²) in [5.74, 6) is 1.02. The first-order chi connectivity index (χ1) is 7.89. The van der Waals surface area contributed by atoms with E-state index in [4.69, 9.17) is 4.74 Å². The Bertz CT molecular complexity index is 225. The van der Waals surface area contributed by atoms with E-state index in [1.165, 1.54) is 64.5 Å². The van der Waals surface area contributed by atoms with Gasteiger partial charge in [0, 0.05) is 19.7 Å². The van der Waals surface area contributed by atoms with E-state index in [2.05, 4.69) is 5.32 Å². The second kappa shape index (κ2) is 4.66. The van der Waals surface area contributed by atoms with Gasteiger partial charge < -0.3 is 10.1 Å². The van der Waals surface area contributed by atoms with Crippen LogP contribution in [-0.4, -0.2) is 25.8 Å². The molecule has 2 heteroatoms. The lowest BCUT2D eigenvalue weighted by Crippen LogP contribution is -2.57. The molecule has 3 fully saturated rings. The Hall–Kier alpha value is -0.0800. The first kappa shape index (κ1) is 11.0. The van der Waals surface area contributed by atoms with Gasteiger partial charge in [-0.05, 0) is 49.9 Å². The van der Waals surface area contributed by atoms with Crippen LogP contribution in [-0.2, 0) is 4.74 Å². The van der Waals surface area contributed by atoms with Crippen molar-refractivity contribution in [3.8, 4) is 0 Å². The molecule has 92 valence electrons. The van der Waals surface area contributed by atoms with Crippen molar-refractivity contribution in [2.75, 3.05) is 19.7 Å². The van der Waals surface area contributed by atoms with Crippen LogP contribution in [0.25, 0.3) is 0 Å². The predicted molar refractivity (Wildman–Crippen MR) is 65.5 cm³/mol. The topological polar surface area (TPSA) is 21.3 Å². The van der Waals surface area contributed by atoms with Gasteiger partial charge in [0.05, 0.1) is 6.10 Å². The molecule has 0 aromatic rings. The Morgan fingerprint density at radius 3 is 2.44 bits per heavy atom. The summed E-state index contributed by atoms with van der Waals surface area (Å²) in [5, 5.41) is 3.51. The second-order valence-electron chi connectivity index (χ2n) is 6.12. The maximum Gasteiger partial charge on any atom is 0.0576 e. The molecule has 2 aliphatic heterocycles. The summed E-state index contributed by atoms with van der Waals surface area (Å²) in [7, 11) is 0. The summed E-state index contributed by atoms with van der Waals surface area (Å²) in [6, 6.07) is 0. The van der Waals surface area contributed by atoms with E-state index in [0.29, 0.717) is 11.5 Å². The van der Waals surface area contributed by atoms with Crippen molar-refractivity contribution in [2.24, 2.45) is 11.3 Å². The van der Waals surface area contributed by atoms with E-state index in [9.17, 15) is 0 Å². The average Bonchev–Trinajstić information content (AvgIpc) is 2.87. The number of ether oxygens (including phenoxy) is 1. The average molecular weight is 223 g/mol. The number of rotatable bonds is 4. The molecule has 2 saturated heterocycles. The fourth-order valence-corrected chi connectivity index (χ4v) is 3.97. The monoisotopic (exact) mass is 223 g/mol. The first-order valence-corrected chi connectivity index (χ1v) is 7.21. The Kier molecular flexibility index (Phi) is 3.21. The zero-order valence-electron chi connectivity index (χ0n) is 10.3. The zero-order valence-corrected chi connectivity index (χ0v) is 10.3. The summed E-state index contributed by atoms with van der Waals surface area (Å²) in [6.07, 6.45) is 11.9. The SMILES string of the molecule is C1COC(CCC2(C3CCCC3)CNC2)C1. The summed E-state index contributed by atoms with van der Waals surface area (Å²) in [6.45, 7) is 3.58. The minimum absolute atomic E-state index is 0.596. The van der Waals surface area contributed by atoms with Gasteiger partial charge in [0.2, 0.25) is 0 Å². The molecule has 3 rings (SSSR count). The molecule has 3 aliphatic rings. The van der Waals surface area contributed by atoms with Gasteiger partial charge in [-0.2, -0.15) is 0 Å². The fraction of sp³-hybridized carbons (Fsp3) is 1.00. The van der Waals surface area contributed by atoms with Crippen LogP contribution in [0.2, 0.25) is 0 Å². The van der Waals surface area contributed by atoms with Gasteiger partial charge in [-0.15, -0.1) is 0 Å². The maximum absolute atomic E-state index is 5.76. The first-order valence-electron chi connectivity index (χ1n) is 7.21. The predicted octanol–water partition coefficient (Wildman–Crippen LogP) is 2.73. The van der Waals surface area contributed by atoms with Crippen LogP contribution in [0.4, 0.5) is 0 Å². The molecule has 1 N–H and O–H groups in total. The molecule has 2 nitrogen and oxygen atoms in total. The van der Waals surface area contributed by atoms with Gasteiger partial charge >= 0.3 is 0 Å². The Balaban J connectivity index is 1.53. The van der Waals surface area contributed by atoms with Gasteiger partial charge in [-0.3, -0.25) is 0 Å². The lowest BCUT2D eigenvalue weighted by atomic mass is 9.66. The molecule has 1 atom stereocenters. The van der Waals surface area contributed by atoms with Crippen molar-refractivity contribution >= 4 is 0 Å². The van der Waals surface area contributed by atoms with Crippen molar-refractivity contribution in [1.29, 1.82) is 0 Å². The Morgan fingerprint density at radius 2 is 1.88 bits per heavy atom. The van der Waals surface area contributed by atoms with E-state index in [-0.39, 0.29) is 0 Å². The smallest absolute Gasteiger partial charge is 0.0576 e. The van der Waals surface area contributed by atoms with Crippen LogP contribution in [0.1, 0.15) is 51.4 Å². The lowest BCUT2D eigenvalue weighted by Gasteiger charge is -2.48. The minimum Gasteiger partial charge on any atom is -0.378 e. The van der Waals surface area contributed by atoms with Gasteiger partial charge in [0.25, 0.3) is 0 Å². The van der Waals surface area contributed by atoms with E-state index in [1.807, 2.05) is 0 Å². The highest BCUT2D eigenvalue weighted by Gasteiger charge is 2.44. The summed E-state index contributed by atoms with van der Waals surface area (Å²) < 4.78 is 5.76. The highest BCUT2D eigenvalue weighted by molar-refractivity contribution is 4.99. The summed E-state index contributed by atoms with van der Waals surface area (Å²) in [5.41, 5.74) is 0.669. The second-order valence-corrected chi connectivity index (χ2v) is 6.12. The third kappa shape index (κ3) is 2.02. The highest BCUT2D eigenvalue weighted by Crippen LogP contribution is 2.46. The lowest BCUT2D eigenvalue weighted by molar-refractivity contribution is 0.0358. The molecular formula is C14H25NO. The van der Waals surface area contributed by atoms with E-state index < -0.39 is 0 Å². The number of hydrogen-bond acceptors (Lipinski definition) is 2. The van der Waals surface area contributed by atoms with Gasteiger partial charge in [0.1, 0.15) is 0 Å².